The van der Waals surface area contributed by atoms with Gasteiger partial charge in [-0.2, -0.15) is 0 Å². The SMILES string of the molecule is COC1CCC(OCCO)CC1. The van der Waals surface area contributed by atoms with Crippen molar-refractivity contribution >= 4 is 0 Å². The molecule has 3 heteroatoms. The molecule has 0 radical (unpaired) electrons. The molecule has 72 valence electrons. The third kappa shape index (κ3) is 3.09. The van der Waals surface area contributed by atoms with E-state index in [9.17, 15) is 0 Å². The van der Waals surface area contributed by atoms with Crippen LogP contribution in [0.15, 0.2) is 0 Å². The second-order valence-corrected chi connectivity index (χ2v) is 3.23. The van der Waals surface area contributed by atoms with Gasteiger partial charge in [0.05, 0.1) is 25.4 Å². The molecule has 1 fully saturated rings. The molecule has 0 atom stereocenters. The summed E-state index contributed by atoms with van der Waals surface area (Å²) < 4.78 is 10.7. The Labute approximate surface area is 73.7 Å². The molecule has 0 aromatic carbocycles. The van der Waals surface area contributed by atoms with Crippen LogP contribution in [0.3, 0.4) is 0 Å². The van der Waals surface area contributed by atoms with Crippen LogP contribution in [-0.2, 0) is 9.47 Å². The van der Waals surface area contributed by atoms with E-state index in [4.69, 9.17) is 14.6 Å². The maximum Gasteiger partial charge on any atom is 0.0701 e. The molecule has 0 bridgehead atoms. The number of aliphatic hydroxyl groups is 1. The summed E-state index contributed by atoms with van der Waals surface area (Å²) in [5.74, 6) is 0. The van der Waals surface area contributed by atoms with Crippen LogP contribution in [0.5, 0.6) is 0 Å². The molecule has 1 saturated carbocycles. The van der Waals surface area contributed by atoms with Crippen LogP contribution in [0.1, 0.15) is 25.7 Å². The van der Waals surface area contributed by atoms with Crippen LogP contribution in [-0.4, -0.2) is 37.6 Å². The molecule has 0 saturated heterocycles. The highest BCUT2D eigenvalue weighted by atomic mass is 16.5. The lowest BCUT2D eigenvalue weighted by molar-refractivity contribution is -0.0261. The van der Waals surface area contributed by atoms with E-state index in [0.29, 0.717) is 18.8 Å². The van der Waals surface area contributed by atoms with Crippen molar-refractivity contribution in [2.24, 2.45) is 0 Å². The largest absolute Gasteiger partial charge is 0.394 e. The van der Waals surface area contributed by atoms with Crippen molar-refractivity contribution in [3.8, 4) is 0 Å². The molecular weight excluding hydrogens is 156 g/mol. The molecule has 0 spiro atoms. The van der Waals surface area contributed by atoms with Crippen LogP contribution in [0, 0.1) is 0 Å². The van der Waals surface area contributed by atoms with Gasteiger partial charge in [0.25, 0.3) is 0 Å². The Morgan fingerprint density at radius 3 is 2.25 bits per heavy atom. The Balaban J connectivity index is 2.09. The first-order valence-electron chi connectivity index (χ1n) is 4.62. The standard InChI is InChI=1S/C9H18O3/c1-11-8-2-4-9(5-3-8)12-7-6-10/h8-10H,2-7H2,1H3. The maximum atomic E-state index is 8.55. The first kappa shape index (κ1) is 9.96. The predicted octanol–water partition coefficient (Wildman–Crippen LogP) is 0.953. The van der Waals surface area contributed by atoms with Crippen molar-refractivity contribution in [3.63, 3.8) is 0 Å². The van der Waals surface area contributed by atoms with E-state index >= 15 is 0 Å². The third-order valence-corrected chi connectivity index (χ3v) is 2.40. The molecular formula is C9H18O3. The molecule has 0 amide bonds. The lowest BCUT2D eigenvalue weighted by atomic mass is 9.95. The van der Waals surface area contributed by atoms with Crippen molar-refractivity contribution in [1.29, 1.82) is 0 Å². The average Bonchev–Trinajstić information content (AvgIpc) is 2.15. The number of aliphatic hydroxyl groups excluding tert-OH is 1. The topological polar surface area (TPSA) is 38.7 Å². The van der Waals surface area contributed by atoms with Gasteiger partial charge in [-0.3, -0.25) is 0 Å². The minimum atomic E-state index is 0.129. The normalized spacial score (nSPS) is 30.5. The van der Waals surface area contributed by atoms with Crippen molar-refractivity contribution in [3.05, 3.63) is 0 Å². The fourth-order valence-electron chi connectivity index (χ4n) is 1.65. The van der Waals surface area contributed by atoms with Gasteiger partial charge in [-0.1, -0.05) is 0 Å². The van der Waals surface area contributed by atoms with E-state index < -0.39 is 0 Å². The molecule has 1 N–H and O–H groups in total. The smallest absolute Gasteiger partial charge is 0.0701 e. The summed E-state index contributed by atoms with van der Waals surface area (Å²) in [6.45, 7) is 0.604. The average molecular weight is 174 g/mol. The summed E-state index contributed by atoms with van der Waals surface area (Å²) in [7, 11) is 1.76. The maximum absolute atomic E-state index is 8.55. The van der Waals surface area contributed by atoms with Gasteiger partial charge in [0.15, 0.2) is 0 Å². The van der Waals surface area contributed by atoms with E-state index in [2.05, 4.69) is 0 Å². The third-order valence-electron chi connectivity index (χ3n) is 2.40. The highest BCUT2D eigenvalue weighted by molar-refractivity contribution is 4.72. The molecule has 1 rings (SSSR count). The number of methoxy groups -OCH3 is 1. The quantitative estimate of drug-likeness (QED) is 0.689. The van der Waals surface area contributed by atoms with E-state index in [1.54, 1.807) is 7.11 Å². The summed E-state index contributed by atoms with van der Waals surface area (Å²) in [6, 6.07) is 0. The number of hydrogen-bond donors (Lipinski definition) is 1. The van der Waals surface area contributed by atoms with Gasteiger partial charge in [0.2, 0.25) is 0 Å². The predicted molar refractivity (Wildman–Crippen MR) is 46.1 cm³/mol. The first-order valence-corrected chi connectivity index (χ1v) is 4.62. The van der Waals surface area contributed by atoms with Gasteiger partial charge in [0.1, 0.15) is 0 Å². The Bertz CT molecular complexity index is 108. The van der Waals surface area contributed by atoms with Crippen LogP contribution >= 0.6 is 0 Å². The van der Waals surface area contributed by atoms with Gasteiger partial charge >= 0.3 is 0 Å². The molecule has 0 aliphatic heterocycles. The number of rotatable bonds is 4. The molecule has 0 heterocycles. The van der Waals surface area contributed by atoms with Crippen LogP contribution < -0.4 is 0 Å². The Kier molecular flexibility index (Phi) is 4.58. The van der Waals surface area contributed by atoms with Crippen molar-refractivity contribution in [1.82, 2.24) is 0 Å². The van der Waals surface area contributed by atoms with Crippen LogP contribution in [0.2, 0.25) is 0 Å². The minimum Gasteiger partial charge on any atom is -0.394 e. The van der Waals surface area contributed by atoms with E-state index in [0.717, 1.165) is 25.7 Å². The van der Waals surface area contributed by atoms with Crippen LogP contribution in [0.4, 0.5) is 0 Å². The highest BCUT2D eigenvalue weighted by Crippen LogP contribution is 2.22. The molecule has 1 aliphatic rings. The first-order chi connectivity index (χ1) is 5.86. The van der Waals surface area contributed by atoms with Gasteiger partial charge in [-0.05, 0) is 25.7 Å². The molecule has 0 aromatic rings. The summed E-state index contributed by atoms with van der Waals surface area (Å²) in [5.41, 5.74) is 0. The molecule has 0 unspecified atom stereocenters. The van der Waals surface area contributed by atoms with E-state index in [-0.39, 0.29) is 6.61 Å². The second kappa shape index (κ2) is 5.51. The zero-order valence-corrected chi connectivity index (χ0v) is 7.66. The van der Waals surface area contributed by atoms with Crippen molar-refractivity contribution in [2.75, 3.05) is 20.3 Å². The fourth-order valence-corrected chi connectivity index (χ4v) is 1.65. The van der Waals surface area contributed by atoms with Gasteiger partial charge in [-0.25, -0.2) is 0 Å². The van der Waals surface area contributed by atoms with Crippen LogP contribution in [0.25, 0.3) is 0 Å². The summed E-state index contributed by atoms with van der Waals surface area (Å²) in [4.78, 5) is 0. The molecule has 1 aliphatic carbocycles. The monoisotopic (exact) mass is 174 g/mol. The highest BCUT2D eigenvalue weighted by Gasteiger charge is 2.20. The summed E-state index contributed by atoms with van der Waals surface area (Å²) >= 11 is 0. The Morgan fingerprint density at radius 2 is 1.75 bits per heavy atom. The van der Waals surface area contributed by atoms with Gasteiger partial charge in [0, 0.05) is 7.11 Å². The number of ether oxygens (including phenoxy) is 2. The zero-order valence-electron chi connectivity index (χ0n) is 7.66. The number of hydrogen-bond acceptors (Lipinski definition) is 3. The zero-order chi connectivity index (χ0) is 8.81. The fraction of sp³-hybridized carbons (Fsp3) is 1.00. The summed E-state index contributed by atoms with van der Waals surface area (Å²) in [6.07, 6.45) is 5.10. The Hall–Kier alpha value is -0.120. The van der Waals surface area contributed by atoms with E-state index in [1.165, 1.54) is 0 Å². The Morgan fingerprint density at radius 1 is 1.17 bits per heavy atom. The van der Waals surface area contributed by atoms with E-state index in [1.807, 2.05) is 0 Å². The minimum absolute atomic E-state index is 0.129. The van der Waals surface area contributed by atoms with Gasteiger partial charge < -0.3 is 14.6 Å². The lowest BCUT2D eigenvalue weighted by Crippen LogP contribution is -2.26. The lowest BCUT2D eigenvalue weighted by Gasteiger charge is -2.27. The van der Waals surface area contributed by atoms with Crippen molar-refractivity contribution in [2.45, 2.75) is 37.9 Å². The second-order valence-electron chi connectivity index (χ2n) is 3.23. The van der Waals surface area contributed by atoms with Gasteiger partial charge in [-0.15, -0.1) is 0 Å². The molecule has 3 nitrogen and oxygen atoms in total. The molecule has 12 heavy (non-hydrogen) atoms. The molecule has 0 aromatic heterocycles. The summed E-state index contributed by atoms with van der Waals surface area (Å²) in [5, 5.41) is 8.55. The van der Waals surface area contributed by atoms with Crippen molar-refractivity contribution < 1.29 is 14.6 Å².